The van der Waals surface area contributed by atoms with Gasteiger partial charge in [0.1, 0.15) is 12.6 Å². The van der Waals surface area contributed by atoms with Crippen LogP contribution in [0.2, 0.25) is 0 Å². The lowest BCUT2D eigenvalue weighted by atomic mass is 10.0. The van der Waals surface area contributed by atoms with E-state index in [9.17, 15) is 19.2 Å². The number of benzene rings is 1. The third-order valence-electron chi connectivity index (χ3n) is 4.40. The van der Waals surface area contributed by atoms with Crippen molar-refractivity contribution in [3.8, 4) is 0 Å². The standard InChI is InChI=1S/C18H20N2O6/c21-15-9-10-16(22)20(15)26-17(23)14-8-4-5-11-19(14)18(24)25-12-13-6-2-1-3-7-13/h1-3,6-7,14H,4-5,8-12H2/t14-/m0/s1. The van der Waals surface area contributed by atoms with Crippen LogP contribution in [0.4, 0.5) is 4.79 Å². The molecule has 0 saturated carbocycles. The number of nitrogens with zero attached hydrogens (tertiary/aromatic N) is 2. The van der Waals surface area contributed by atoms with Gasteiger partial charge in [-0.25, -0.2) is 9.59 Å². The average Bonchev–Trinajstić information content (AvgIpc) is 2.99. The monoisotopic (exact) mass is 360 g/mol. The van der Waals surface area contributed by atoms with Gasteiger partial charge in [0.15, 0.2) is 0 Å². The normalized spacial score (nSPS) is 20.2. The third-order valence-corrected chi connectivity index (χ3v) is 4.40. The van der Waals surface area contributed by atoms with Crippen LogP contribution in [-0.4, -0.2) is 46.4 Å². The molecule has 2 aliphatic heterocycles. The summed E-state index contributed by atoms with van der Waals surface area (Å²) in [6.07, 6.45) is 1.32. The molecule has 1 aromatic carbocycles. The molecule has 2 heterocycles. The molecular weight excluding hydrogens is 340 g/mol. The predicted octanol–water partition coefficient (Wildman–Crippen LogP) is 1.78. The maximum absolute atomic E-state index is 12.4. The summed E-state index contributed by atoms with van der Waals surface area (Å²) in [4.78, 5) is 54.3. The zero-order valence-corrected chi connectivity index (χ0v) is 14.3. The summed E-state index contributed by atoms with van der Waals surface area (Å²) in [5, 5.41) is 0.504. The molecule has 1 aromatic rings. The van der Waals surface area contributed by atoms with Crippen molar-refractivity contribution >= 4 is 23.9 Å². The van der Waals surface area contributed by atoms with Crippen molar-refractivity contribution in [3.05, 3.63) is 35.9 Å². The van der Waals surface area contributed by atoms with Gasteiger partial charge in [-0.3, -0.25) is 14.5 Å². The quantitative estimate of drug-likeness (QED) is 0.760. The summed E-state index contributed by atoms with van der Waals surface area (Å²) in [5.41, 5.74) is 0.838. The highest BCUT2D eigenvalue weighted by atomic mass is 16.7. The number of hydrogen-bond donors (Lipinski definition) is 0. The van der Waals surface area contributed by atoms with Gasteiger partial charge in [-0.1, -0.05) is 30.3 Å². The molecule has 1 atom stereocenters. The van der Waals surface area contributed by atoms with Gasteiger partial charge in [-0.2, -0.15) is 0 Å². The average molecular weight is 360 g/mol. The number of amides is 3. The molecule has 2 fully saturated rings. The second kappa shape index (κ2) is 7.99. The van der Waals surface area contributed by atoms with Crippen LogP contribution in [0.5, 0.6) is 0 Å². The van der Waals surface area contributed by atoms with Crippen LogP contribution in [0.3, 0.4) is 0 Å². The Labute approximate surface area is 150 Å². The van der Waals surface area contributed by atoms with E-state index in [0.717, 1.165) is 18.4 Å². The smallest absolute Gasteiger partial charge is 0.410 e. The number of hydroxylamine groups is 2. The summed E-state index contributed by atoms with van der Waals surface area (Å²) in [6.45, 7) is 0.455. The van der Waals surface area contributed by atoms with E-state index in [4.69, 9.17) is 9.57 Å². The molecular formula is C18H20N2O6. The van der Waals surface area contributed by atoms with Crippen molar-refractivity contribution in [1.82, 2.24) is 9.96 Å². The molecule has 0 spiro atoms. The zero-order valence-electron chi connectivity index (χ0n) is 14.3. The van der Waals surface area contributed by atoms with E-state index in [0.29, 0.717) is 18.0 Å². The molecule has 0 bridgehead atoms. The molecule has 0 aliphatic carbocycles. The lowest BCUT2D eigenvalue weighted by Crippen LogP contribution is -2.50. The molecule has 2 saturated heterocycles. The second-order valence-electron chi connectivity index (χ2n) is 6.24. The Morgan fingerprint density at radius 3 is 2.42 bits per heavy atom. The Morgan fingerprint density at radius 2 is 1.73 bits per heavy atom. The van der Waals surface area contributed by atoms with Gasteiger partial charge >= 0.3 is 12.1 Å². The molecule has 0 radical (unpaired) electrons. The highest BCUT2D eigenvalue weighted by Crippen LogP contribution is 2.21. The molecule has 3 rings (SSSR count). The van der Waals surface area contributed by atoms with E-state index < -0.39 is 29.9 Å². The summed E-state index contributed by atoms with van der Waals surface area (Å²) in [6, 6.07) is 8.35. The number of likely N-dealkylation sites (tertiary alicyclic amines) is 1. The van der Waals surface area contributed by atoms with Crippen molar-refractivity contribution in [1.29, 1.82) is 0 Å². The molecule has 2 aliphatic rings. The number of rotatable bonds is 4. The van der Waals surface area contributed by atoms with E-state index in [-0.39, 0.29) is 19.4 Å². The van der Waals surface area contributed by atoms with Crippen molar-refractivity contribution in [2.24, 2.45) is 0 Å². The van der Waals surface area contributed by atoms with Crippen LogP contribution in [0.25, 0.3) is 0 Å². The second-order valence-corrected chi connectivity index (χ2v) is 6.24. The van der Waals surface area contributed by atoms with Gasteiger partial charge in [-0.15, -0.1) is 5.06 Å². The van der Waals surface area contributed by atoms with E-state index in [1.54, 1.807) is 0 Å². The first-order chi connectivity index (χ1) is 12.6. The zero-order chi connectivity index (χ0) is 18.5. The molecule has 0 aromatic heterocycles. The minimum Gasteiger partial charge on any atom is -0.445 e. The van der Waals surface area contributed by atoms with Gasteiger partial charge in [0.05, 0.1) is 0 Å². The Kier molecular flexibility index (Phi) is 5.50. The predicted molar refractivity (Wildman–Crippen MR) is 88.2 cm³/mol. The van der Waals surface area contributed by atoms with Crippen LogP contribution in [0.15, 0.2) is 30.3 Å². The fraction of sp³-hybridized carbons (Fsp3) is 0.444. The van der Waals surface area contributed by atoms with Gasteiger partial charge in [0.25, 0.3) is 11.8 Å². The van der Waals surface area contributed by atoms with Crippen LogP contribution in [-0.2, 0) is 30.6 Å². The van der Waals surface area contributed by atoms with Crippen LogP contribution >= 0.6 is 0 Å². The van der Waals surface area contributed by atoms with Crippen molar-refractivity contribution in [3.63, 3.8) is 0 Å². The summed E-state index contributed by atoms with van der Waals surface area (Å²) in [5.74, 6) is -1.88. The molecule has 8 heteroatoms. The number of ether oxygens (including phenoxy) is 1. The first kappa shape index (κ1) is 17.9. The largest absolute Gasteiger partial charge is 0.445 e. The Balaban J connectivity index is 1.61. The SMILES string of the molecule is O=C(ON1C(=O)CCC1=O)[C@@H]1CCCCN1C(=O)OCc1ccccc1. The molecule has 26 heavy (non-hydrogen) atoms. The van der Waals surface area contributed by atoms with Crippen LogP contribution < -0.4 is 0 Å². The van der Waals surface area contributed by atoms with Crippen molar-refractivity contribution in [2.75, 3.05) is 6.54 Å². The number of hydrogen-bond acceptors (Lipinski definition) is 6. The topological polar surface area (TPSA) is 93.2 Å². The molecule has 138 valence electrons. The van der Waals surface area contributed by atoms with E-state index in [2.05, 4.69) is 0 Å². The van der Waals surface area contributed by atoms with Crippen LogP contribution in [0.1, 0.15) is 37.7 Å². The fourth-order valence-corrected chi connectivity index (χ4v) is 3.01. The van der Waals surface area contributed by atoms with E-state index >= 15 is 0 Å². The summed E-state index contributed by atoms with van der Waals surface area (Å²) < 4.78 is 5.29. The van der Waals surface area contributed by atoms with Crippen molar-refractivity contribution in [2.45, 2.75) is 44.8 Å². The van der Waals surface area contributed by atoms with Crippen LogP contribution in [0, 0.1) is 0 Å². The molecule has 3 amide bonds. The molecule has 0 N–H and O–H groups in total. The third kappa shape index (κ3) is 4.01. The van der Waals surface area contributed by atoms with E-state index in [1.807, 2.05) is 30.3 Å². The maximum Gasteiger partial charge on any atom is 0.410 e. The first-order valence-corrected chi connectivity index (χ1v) is 8.61. The maximum atomic E-state index is 12.4. The molecule has 8 nitrogen and oxygen atoms in total. The van der Waals surface area contributed by atoms with Gasteiger partial charge < -0.3 is 9.57 Å². The fourth-order valence-electron chi connectivity index (χ4n) is 3.01. The first-order valence-electron chi connectivity index (χ1n) is 8.61. The van der Waals surface area contributed by atoms with Gasteiger partial charge in [0.2, 0.25) is 0 Å². The number of carbonyl (C=O) groups is 4. The lowest BCUT2D eigenvalue weighted by Gasteiger charge is -2.33. The number of carbonyl (C=O) groups excluding carboxylic acids is 4. The minimum absolute atomic E-state index is 0.0274. The highest BCUT2D eigenvalue weighted by Gasteiger charge is 2.39. The van der Waals surface area contributed by atoms with Gasteiger partial charge in [-0.05, 0) is 24.8 Å². The molecule has 0 unspecified atom stereocenters. The van der Waals surface area contributed by atoms with Crippen molar-refractivity contribution < 1.29 is 28.8 Å². The number of imide groups is 1. The van der Waals surface area contributed by atoms with Gasteiger partial charge in [0, 0.05) is 19.4 Å². The Hall–Kier alpha value is -2.90. The van der Waals surface area contributed by atoms with E-state index in [1.165, 1.54) is 4.90 Å². The Morgan fingerprint density at radius 1 is 1.04 bits per heavy atom. The summed E-state index contributed by atoms with van der Waals surface area (Å²) >= 11 is 0. The number of piperidine rings is 1. The highest BCUT2D eigenvalue weighted by molar-refractivity contribution is 6.01. The Bertz CT molecular complexity index is 689. The summed E-state index contributed by atoms with van der Waals surface area (Å²) in [7, 11) is 0. The minimum atomic E-state index is -0.867. The lowest BCUT2D eigenvalue weighted by molar-refractivity contribution is -0.201.